The van der Waals surface area contributed by atoms with Crippen LogP contribution in [0.3, 0.4) is 0 Å². The van der Waals surface area contributed by atoms with E-state index in [1.165, 1.54) is 0 Å². The van der Waals surface area contributed by atoms with Gasteiger partial charge < -0.3 is 20.5 Å². The second kappa shape index (κ2) is 6.45. The van der Waals surface area contributed by atoms with Crippen molar-refractivity contribution in [3.63, 3.8) is 0 Å². The lowest BCUT2D eigenvalue weighted by molar-refractivity contribution is -0.125. The van der Waals surface area contributed by atoms with E-state index in [1.807, 2.05) is 31.2 Å². The number of carbonyl (C=O) groups excluding carboxylic acids is 1. The van der Waals surface area contributed by atoms with E-state index >= 15 is 0 Å². The average Bonchev–Trinajstić information content (AvgIpc) is 2.79. The maximum Gasteiger partial charge on any atom is 0.234 e. The number of amides is 1. The first-order valence-corrected chi connectivity index (χ1v) is 7.30. The molecule has 0 bridgehead atoms. The Kier molecular flexibility index (Phi) is 4.85. The van der Waals surface area contributed by atoms with Gasteiger partial charge in [-0.2, -0.15) is 0 Å². The topological polar surface area (TPSA) is 73.6 Å². The summed E-state index contributed by atoms with van der Waals surface area (Å²) in [5.74, 6) is 0.965. The molecule has 0 radical (unpaired) electrons. The summed E-state index contributed by atoms with van der Waals surface area (Å²) in [5, 5.41) is 2.92. The largest absolute Gasteiger partial charge is 0.491 e. The third-order valence-electron chi connectivity index (χ3n) is 3.74. The van der Waals surface area contributed by atoms with E-state index in [0.29, 0.717) is 37.2 Å². The van der Waals surface area contributed by atoms with Crippen LogP contribution in [0.1, 0.15) is 20.8 Å². The van der Waals surface area contributed by atoms with Gasteiger partial charge in [-0.15, -0.1) is 0 Å². The number of para-hydroxylation sites is 2. The van der Waals surface area contributed by atoms with Crippen molar-refractivity contribution in [1.82, 2.24) is 0 Å². The monoisotopic (exact) mass is 292 g/mol. The Labute approximate surface area is 125 Å². The Hall–Kier alpha value is -1.59. The fourth-order valence-electron chi connectivity index (χ4n) is 2.14. The minimum absolute atomic E-state index is 0.131. The standard InChI is InChI=1S/C16H24N2O3/c1-11(2)8-21-13-7-5-4-6-12(13)18-15(19)16(3)10-20-9-14(16)17/h4-7,11,14H,8-10,17H2,1-3H3,(H,18,19). The van der Waals surface area contributed by atoms with Crippen LogP contribution in [0, 0.1) is 11.3 Å². The summed E-state index contributed by atoms with van der Waals surface area (Å²) >= 11 is 0. The Morgan fingerprint density at radius 2 is 2.24 bits per heavy atom. The summed E-state index contributed by atoms with van der Waals surface area (Å²) in [7, 11) is 0. The zero-order chi connectivity index (χ0) is 15.5. The van der Waals surface area contributed by atoms with Gasteiger partial charge in [0.2, 0.25) is 5.91 Å². The van der Waals surface area contributed by atoms with E-state index in [2.05, 4.69) is 19.2 Å². The number of hydrogen-bond donors (Lipinski definition) is 2. The molecule has 1 aliphatic heterocycles. The van der Waals surface area contributed by atoms with E-state index in [-0.39, 0.29) is 11.9 Å². The van der Waals surface area contributed by atoms with Crippen LogP contribution in [0.25, 0.3) is 0 Å². The molecule has 1 amide bonds. The van der Waals surface area contributed by atoms with Crippen LogP contribution in [0.5, 0.6) is 5.75 Å². The predicted octanol–water partition coefficient (Wildman–Crippen LogP) is 2.02. The van der Waals surface area contributed by atoms with Gasteiger partial charge in [-0.1, -0.05) is 26.0 Å². The third kappa shape index (κ3) is 3.54. The molecule has 0 aliphatic carbocycles. The van der Waals surface area contributed by atoms with E-state index in [0.717, 1.165) is 0 Å². The third-order valence-corrected chi connectivity index (χ3v) is 3.74. The van der Waals surface area contributed by atoms with Gasteiger partial charge in [-0.25, -0.2) is 0 Å². The van der Waals surface area contributed by atoms with Gasteiger partial charge in [0.1, 0.15) is 5.75 Å². The maximum absolute atomic E-state index is 12.5. The molecule has 1 aliphatic rings. The lowest BCUT2D eigenvalue weighted by Gasteiger charge is -2.26. The number of benzene rings is 1. The van der Waals surface area contributed by atoms with Crippen LogP contribution in [0.4, 0.5) is 5.69 Å². The summed E-state index contributed by atoms with van der Waals surface area (Å²) < 4.78 is 11.1. The second-order valence-corrected chi connectivity index (χ2v) is 6.19. The van der Waals surface area contributed by atoms with Crippen LogP contribution < -0.4 is 15.8 Å². The summed E-state index contributed by atoms with van der Waals surface area (Å²) in [6.45, 7) is 7.35. The first-order chi connectivity index (χ1) is 9.93. The van der Waals surface area contributed by atoms with E-state index in [1.54, 1.807) is 0 Å². The summed E-state index contributed by atoms with van der Waals surface area (Å²) in [4.78, 5) is 12.5. The number of anilines is 1. The molecule has 1 aromatic carbocycles. The normalized spacial score (nSPS) is 25.1. The summed E-state index contributed by atoms with van der Waals surface area (Å²) in [6, 6.07) is 7.15. The molecule has 5 nitrogen and oxygen atoms in total. The Morgan fingerprint density at radius 1 is 1.52 bits per heavy atom. The molecule has 1 heterocycles. The van der Waals surface area contributed by atoms with Crippen molar-refractivity contribution in [2.75, 3.05) is 25.1 Å². The molecular formula is C16H24N2O3. The Morgan fingerprint density at radius 3 is 2.86 bits per heavy atom. The highest BCUT2D eigenvalue weighted by molar-refractivity contribution is 5.97. The first kappa shape index (κ1) is 15.8. The molecule has 0 saturated carbocycles. The van der Waals surface area contributed by atoms with Crippen LogP contribution in [0.15, 0.2) is 24.3 Å². The van der Waals surface area contributed by atoms with Crippen LogP contribution in [0.2, 0.25) is 0 Å². The molecule has 1 aromatic rings. The van der Waals surface area contributed by atoms with Crippen molar-refractivity contribution in [3.05, 3.63) is 24.3 Å². The average molecular weight is 292 g/mol. The number of hydrogen-bond acceptors (Lipinski definition) is 4. The van der Waals surface area contributed by atoms with Crippen LogP contribution >= 0.6 is 0 Å². The van der Waals surface area contributed by atoms with Crippen molar-refractivity contribution in [2.45, 2.75) is 26.8 Å². The minimum atomic E-state index is -0.703. The molecule has 5 heteroatoms. The van der Waals surface area contributed by atoms with Gasteiger partial charge in [0.05, 0.1) is 30.9 Å². The molecule has 0 spiro atoms. The smallest absolute Gasteiger partial charge is 0.234 e. The Balaban J connectivity index is 2.10. The van der Waals surface area contributed by atoms with Crippen LogP contribution in [-0.4, -0.2) is 31.8 Å². The fraction of sp³-hybridized carbons (Fsp3) is 0.562. The quantitative estimate of drug-likeness (QED) is 0.871. The lowest BCUT2D eigenvalue weighted by atomic mass is 9.85. The number of nitrogens with two attached hydrogens (primary N) is 1. The second-order valence-electron chi connectivity index (χ2n) is 6.19. The zero-order valence-corrected chi connectivity index (χ0v) is 12.9. The van der Waals surface area contributed by atoms with Crippen LogP contribution in [-0.2, 0) is 9.53 Å². The SMILES string of the molecule is CC(C)COc1ccccc1NC(=O)C1(C)COCC1N. The van der Waals surface area contributed by atoms with Gasteiger partial charge in [0.15, 0.2) is 0 Å². The fourth-order valence-corrected chi connectivity index (χ4v) is 2.14. The molecule has 21 heavy (non-hydrogen) atoms. The van der Waals surface area contributed by atoms with Crippen molar-refractivity contribution in [3.8, 4) is 5.75 Å². The maximum atomic E-state index is 12.5. The highest BCUT2D eigenvalue weighted by Crippen LogP contribution is 2.31. The highest BCUT2D eigenvalue weighted by Gasteiger charge is 2.44. The minimum Gasteiger partial charge on any atom is -0.491 e. The Bertz CT molecular complexity index is 504. The molecular weight excluding hydrogens is 268 g/mol. The molecule has 1 fully saturated rings. The molecule has 2 rings (SSSR count). The molecule has 116 valence electrons. The number of carbonyl (C=O) groups is 1. The summed E-state index contributed by atoms with van der Waals surface area (Å²) in [6.07, 6.45) is 0. The number of ether oxygens (including phenoxy) is 2. The van der Waals surface area contributed by atoms with E-state index in [4.69, 9.17) is 15.2 Å². The van der Waals surface area contributed by atoms with Gasteiger partial charge in [0.25, 0.3) is 0 Å². The highest BCUT2D eigenvalue weighted by atomic mass is 16.5. The predicted molar refractivity (Wildman–Crippen MR) is 82.3 cm³/mol. The molecule has 2 unspecified atom stereocenters. The van der Waals surface area contributed by atoms with Crippen molar-refractivity contribution >= 4 is 11.6 Å². The molecule has 1 saturated heterocycles. The molecule has 2 atom stereocenters. The number of nitrogens with one attached hydrogen (secondary N) is 1. The van der Waals surface area contributed by atoms with Gasteiger partial charge in [-0.3, -0.25) is 4.79 Å². The van der Waals surface area contributed by atoms with Crippen molar-refractivity contribution < 1.29 is 14.3 Å². The van der Waals surface area contributed by atoms with Gasteiger partial charge in [0, 0.05) is 6.04 Å². The first-order valence-electron chi connectivity index (χ1n) is 7.30. The van der Waals surface area contributed by atoms with E-state index in [9.17, 15) is 4.79 Å². The van der Waals surface area contributed by atoms with Crippen molar-refractivity contribution in [2.24, 2.45) is 17.1 Å². The summed E-state index contributed by atoms with van der Waals surface area (Å²) in [5.41, 5.74) is 5.95. The van der Waals surface area contributed by atoms with Crippen molar-refractivity contribution in [1.29, 1.82) is 0 Å². The van der Waals surface area contributed by atoms with Gasteiger partial charge in [-0.05, 0) is 25.0 Å². The zero-order valence-electron chi connectivity index (χ0n) is 12.9. The van der Waals surface area contributed by atoms with E-state index < -0.39 is 5.41 Å². The number of rotatable bonds is 5. The molecule has 3 N–H and O–H groups in total. The molecule has 0 aromatic heterocycles. The van der Waals surface area contributed by atoms with Gasteiger partial charge >= 0.3 is 0 Å². The lowest BCUT2D eigenvalue weighted by Crippen LogP contribution is -2.47.